The number of benzene rings is 3. The zero-order valence-electron chi connectivity index (χ0n) is 19.7. The summed E-state index contributed by atoms with van der Waals surface area (Å²) in [6.45, 7) is 4.04. The van der Waals surface area contributed by atoms with Crippen LogP contribution in [0, 0.1) is 13.8 Å². The Hall–Kier alpha value is -3.37. The van der Waals surface area contributed by atoms with Crippen LogP contribution in [-0.2, 0) is 16.6 Å². The van der Waals surface area contributed by atoms with Gasteiger partial charge >= 0.3 is 0 Å². The predicted octanol–water partition coefficient (Wildman–Crippen LogP) is 4.51. The van der Waals surface area contributed by atoms with Crippen molar-refractivity contribution < 1.29 is 23.1 Å². The van der Waals surface area contributed by atoms with Crippen LogP contribution >= 0.6 is 15.9 Å². The quantitative estimate of drug-likeness (QED) is 0.312. The topological polar surface area (TPSA) is 108 Å². The number of nitrogens with zero attached hydrogens (tertiary/aromatic N) is 2. The number of anilines is 1. The minimum Gasteiger partial charge on any atom is -0.503 e. The fourth-order valence-electron chi connectivity index (χ4n) is 3.26. The van der Waals surface area contributed by atoms with E-state index >= 15 is 0 Å². The van der Waals surface area contributed by atoms with E-state index in [1.165, 1.54) is 23.9 Å². The molecule has 0 aliphatic heterocycles. The summed E-state index contributed by atoms with van der Waals surface area (Å²) in [5, 5.41) is 13.8. The summed E-state index contributed by atoms with van der Waals surface area (Å²) in [6.07, 6.45) is 2.59. The average Bonchev–Trinajstić information content (AvgIpc) is 2.81. The summed E-state index contributed by atoms with van der Waals surface area (Å²) in [4.78, 5) is 12.5. The standard InChI is InChI=1S/C25H26BrN3O5S/c1-16-5-10-21(11-17(16)2)29(35(4,32)33)15-18-6-8-20(9-7-18)25(31)28-27-14-19-12-22(26)24(30)23(13-19)34-3/h5-14,30H,15H2,1-4H3,(H,28,31)/b27-14-. The zero-order valence-corrected chi connectivity index (χ0v) is 22.1. The number of methoxy groups -OCH3 is 1. The third-order valence-electron chi connectivity index (χ3n) is 5.37. The number of aryl methyl sites for hydroxylation is 2. The molecular weight excluding hydrogens is 534 g/mol. The van der Waals surface area contributed by atoms with Crippen LogP contribution in [0.4, 0.5) is 5.69 Å². The molecule has 3 aromatic rings. The number of sulfonamides is 1. The molecule has 3 rings (SSSR count). The van der Waals surface area contributed by atoms with Crippen LogP contribution < -0.4 is 14.5 Å². The molecule has 0 heterocycles. The molecule has 3 aromatic carbocycles. The number of amides is 1. The van der Waals surface area contributed by atoms with E-state index < -0.39 is 15.9 Å². The number of carbonyl (C=O) groups is 1. The van der Waals surface area contributed by atoms with Crippen LogP contribution in [0.3, 0.4) is 0 Å². The Labute approximate surface area is 213 Å². The maximum absolute atomic E-state index is 12.5. The Bertz CT molecular complexity index is 1370. The first-order chi connectivity index (χ1) is 16.5. The van der Waals surface area contributed by atoms with Crippen LogP contribution in [0.25, 0.3) is 0 Å². The summed E-state index contributed by atoms with van der Waals surface area (Å²) in [5.74, 6) is -0.181. The van der Waals surface area contributed by atoms with Gasteiger partial charge in [0.1, 0.15) is 0 Å². The van der Waals surface area contributed by atoms with Gasteiger partial charge in [-0.2, -0.15) is 5.10 Å². The highest BCUT2D eigenvalue weighted by Gasteiger charge is 2.18. The van der Waals surface area contributed by atoms with E-state index in [1.54, 1.807) is 42.5 Å². The van der Waals surface area contributed by atoms with Gasteiger partial charge in [0.2, 0.25) is 10.0 Å². The number of ether oxygens (including phenoxy) is 1. The Morgan fingerprint density at radius 2 is 1.80 bits per heavy atom. The lowest BCUT2D eigenvalue weighted by molar-refractivity contribution is 0.0955. The van der Waals surface area contributed by atoms with E-state index in [0.29, 0.717) is 21.3 Å². The van der Waals surface area contributed by atoms with E-state index in [-0.39, 0.29) is 18.0 Å². The van der Waals surface area contributed by atoms with E-state index in [0.717, 1.165) is 16.7 Å². The lowest BCUT2D eigenvalue weighted by Gasteiger charge is -2.23. The number of phenolic OH excluding ortho intramolecular Hbond substituents is 1. The first kappa shape index (κ1) is 26.2. The van der Waals surface area contributed by atoms with Crippen LogP contribution in [0.2, 0.25) is 0 Å². The maximum Gasteiger partial charge on any atom is 0.271 e. The van der Waals surface area contributed by atoms with Gasteiger partial charge < -0.3 is 9.84 Å². The van der Waals surface area contributed by atoms with Crippen molar-refractivity contribution in [2.75, 3.05) is 17.7 Å². The molecule has 2 N–H and O–H groups in total. The lowest BCUT2D eigenvalue weighted by Crippen LogP contribution is -2.29. The Morgan fingerprint density at radius 1 is 1.11 bits per heavy atom. The molecule has 0 unspecified atom stereocenters. The summed E-state index contributed by atoms with van der Waals surface area (Å²) < 4.78 is 31.8. The number of hydrogen-bond acceptors (Lipinski definition) is 6. The molecule has 0 saturated heterocycles. The number of hydrazone groups is 1. The minimum absolute atomic E-state index is 0.0271. The number of nitrogens with one attached hydrogen (secondary N) is 1. The average molecular weight is 560 g/mol. The van der Waals surface area contributed by atoms with Crippen LogP contribution in [0.5, 0.6) is 11.5 Å². The zero-order chi connectivity index (χ0) is 25.8. The van der Waals surface area contributed by atoms with Gasteiger partial charge in [0.15, 0.2) is 11.5 Å². The normalized spacial score (nSPS) is 11.5. The lowest BCUT2D eigenvalue weighted by atomic mass is 10.1. The van der Waals surface area contributed by atoms with Gasteiger partial charge in [0.25, 0.3) is 5.91 Å². The molecule has 0 fully saturated rings. The largest absolute Gasteiger partial charge is 0.503 e. The Kier molecular flexibility index (Phi) is 8.18. The summed E-state index contributed by atoms with van der Waals surface area (Å²) in [7, 11) is -2.08. The first-order valence-electron chi connectivity index (χ1n) is 10.5. The van der Waals surface area contributed by atoms with E-state index in [2.05, 4.69) is 26.5 Å². The molecule has 0 aliphatic carbocycles. The molecule has 0 aliphatic rings. The van der Waals surface area contributed by atoms with Gasteiger partial charge in [-0.15, -0.1) is 0 Å². The second-order valence-corrected chi connectivity index (χ2v) is 10.7. The molecule has 35 heavy (non-hydrogen) atoms. The number of rotatable bonds is 8. The Morgan fingerprint density at radius 3 is 2.40 bits per heavy atom. The second-order valence-electron chi connectivity index (χ2n) is 7.99. The van der Waals surface area contributed by atoms with Crippen molar-refractivity contribution in [2.45, 2.75) is 20.4 Å². The van der Waals surface area contributed by atoms with Crippen LogP contribution in [-0.4, -0.2) is 39.0 Å². The van der Waals surface area contributed by atoms with Gasteiger partial charge in [-0.3, -0.25) is 9.10 Å². The maximum atomic E-state index is 12.5. The van der Waals surface area contributed by atoms with Crippen LogP contribution in [0.15, 0.2) is 64.2 Å². The minimum atomic E-state index is -3.51. The van der Waals surface area contributed by atoms with E-state index in [9.17, 15) is 18.3 Å². The third-order valence-corrected chi connectivity index (χ3v) is 7.12. The SMILES string of the molecule is COc1cc(/C=N\NC(=O)c2ccc(CN(c3ccc(C)c(C)c3)S(C)(=O)=O)cc2)cc(Br)c1O. The van der Waals surface area contributed by atoms with Gasteiger partial charge in [-0.05, 0) is 88.4 Å². The molecule has 0 atom stereocenters. The highest BCUT2D eigenvalue weighted by atomic mass is 79.9. The summed E-state index contributed by atoms with van der Waals surface area (Å²) >= 11 is 3.23. The molecule has 0 spiro atoms. The summed E-state index contributed by atoms with van der Waals surface area (Å²) in [6, 6.07) is 15.4. The Balaban J connectivity index is 1.70. The monoisotopic (exact) mass is 559 g/mol. The van der Waals surface area contributed by atoms with Gasteiger partial charge in [-0.1, -0.05) is 18.2 Å². The number of carbonyl (C=O) groups excluding carboxylic acids is 1. The van der Waals surface area contributed by atoms with Crippen molar-refractivity contribution in [3.05, 3.63) is 86.9 Å². The van der Waals surface area contributed by atoms with Crippen molar-refractivity contribution in [3.63, 3.8) is 0 Å². The molecule has 0 bridgehead atoms. The first-order valence-corrected chi connectivity index (χ1v) is 13.2. The number of hydrogen-bond donors (Lipinski definition) is 2. The molecular formula is C25H26BrN3O5S. The van der Waals surface area contributed by atoms with E-state index in [1.807, 2.05) is 26.0 Å². The molecule has 1 amide bonds. The number of aromatic hydroxyl groups is 1. The predicted molar refractivity (Wildman–Crippen MR) is 141 cm³/mol. The molecule has 0 aromatic heterocycles. The fraction of sp³-hybridized carbons (Fsp3) is 0.200. The molecule has 0 saturated carbocycles. The highest BCUT2D eigenvalue weighted by Crippen LogP contribution is 2.34. The molecule has 184 valence electrons. The molecule has 0 radical (unpaired) electrons. The van der Waals surface area contributed by atoms with Gasteiger partial charge in [0.05, 0.1) is 36.3 Å². The van der Waals surface area contributed by atoms with Gasteiger partial charge in [-0.25, -0.2) is 13.8 Å². The number of phenols is 1. The highest BCUT2D eigenvalue weighted by molar-refractivity contribution is 9.10. The smallest absolute Gasteiger partial charge is 0.271 e. The molecule has 10 heteroatoms. The van der Waals surface area contributed by atoms with Crippen molar-refractivity contribution in [3.8, 4) is 11.5 Å². The van der Waals surface area contributed by atoms with Crippen molar-refractivity contribution >= 4 is 43.8 Å². The van der Waals surface area contributed by atoms with E-state index in [4.69, 9.17) is 4.74 Å². The third kappa shape index (κ3) is 6.61. The van der Waals surface area contributed by atoms with Crippen molar-refractivity contribution in [2.24, 2.45) is 5.10 Å². The van der Waals surface area contributed by atoms with Crippen molar-refractivity contribution in [1.29, 1.82) is 0 Å². The van der Waals surface area contributed by atoms with Gasteiger partial charge in [0, 0.05) is 5.56 Å². The number of halogens is 1. The van der Waals surface area contributed by atoms with Crippen molar-refractivity contribution in [1.82, 2.24) is 5.43 Å². The fourth-order valence-corrected chi connectivity index (χ4v) is 4.60. The molecule has 8 nitrogen and oxygen atoms in total. The second kappa shape index (κ2) is 10.9. The van der Waals surface area contributed by atoms with Crippen LogP contribution in [0.1, 0.15) is 32.6 Å². The summed E-state index contributed by atoms with van der Waals surface area (Å²) in [5.41, 5.74) is 6.82.